The van der Waals surface area contributed by atoms with Gasteiger partial charge >= 0.3 is 0 Å². The Labute approximate surface area is 131 Å². The first kappa shape index (κ1) is 15.5. The number of allylic oxidation sites excluding steroid dienone is 1. The Bertz CT molecular complexity index is 400. The molecule has 4 atom stereocenters. The number of Topliss-reactive ketones (excluding diaryl/α,β-unsaturated/α-hetero) is 1. The molecule has 0 radical (unpaired) electrons. The van der Waals surface area contributed by atoms with Crippen LogP contribution in [0.5, 0.6) is 0 Å². The van der Waals surface area contributed by atoms with Gasteiger partial charge in [0, 0.05) is 12.3 Å². The molecule has 2 saturated carbocycles. The van der Waals surface area contributed by atoms with E-state index in [1.54, 1.807) is 0 Å². The number of hydrogen-bond acceptors (Lipinski definition) is 1. The third-order valence-electron chi connectivity index (χ3n) is 6.36. The zero-order chi connectivity index (χ0) is 14.4. The summed E-state index contributed by atoms with van der Waals surface area (Å²) in [6, 6.07) is 0. The van der Waals surface area contributed by atoms with Crippen LogP contribution in [0.25, 0.3) is 0 Å². The molecule has 2 aliphatic rings. The second-order valence-electron chi connectivity index (χ2n) is 7.34. The zero-order valence-electron chi connectivity index (χ0n) is 12.8. The standard InChI is InChI=1S/C17H27IO/c1-11(2)14-7-9-17(8-6-12(3)18)13(4)15(19)10-16(14,17)5/h11,13-14H,3,6-10H2,1-2,4-5H3/t13-,14+,16+,17+/m0/s1. The molecule has 0 bridgehead atoms. The molecule has 2 rings (SSSR count). The minimum absolute atomic E-state index is 0.226. The first-order chi connectivity index (χ1) is 8.74. The summed E-state index contributed by atoms with van der Waals surface area (Å²) >= 11 is 2.34. The van der Waals surface area contributed by atoms with Crippen LogP contribution in [0.2, 0.25) is 0 Å². The van der Waals surface area contributed by atoms with Gasteiger partial charge in [-0.25, -0.2) is 0 Å². The number of rotatable bonds is 4. The van der Waals surface area contributed by atoms with E-state index in [0.29, 0.717) is 17.6 Å². The molecule has 2 heteroatoms. The lowest BCUT2D eigenvalue weighted by Gasteiger charge is -2.44. The third kappa shape index (κ3) is 2.22. The molecule has 0 unspecified atom stereocenters. The maximum Gasteiger partial charge on any atom is 0.136 e. The van der Waals surface area contributed by atoms with Crippen molar-refractivity contribution in [2.24, 2.45) is 28.6 Å². The predicted octanol–water partition coefficient (Wildman–Crippen LogP) is 5.38. The molecule has 0 aromatic heterocycles. The smallest absolute Gasteiger partial charge is 0.136 e. The summed E-state index contributed by atoms with van der Waals surface area (Å²) in [7, 11) is 0. The molecule has 0 aromatic carbocycles. The highest BCUT2D eigenvalue weighted by Crippen LogP contribution is 2.69. The van der Waals surface area contributed by atoms with E-state index in [-0.39, 0.29) is 16.7 Å². The van der Waals surface area contributed by atoms with Crippen LogP contribution in [0.4, 0.5) is 0 Å². The zero-order valence-corrected chi connectivity index (χ0v) is 14.9. The van der Waals surface area contributed by atoms with Crippen molar-refractivity contribution in [2.75, 3.05) is 0 Å². The molecule has 1 nitrogen and oxygen atoms in total. The topological polar surface area (TPSA) is 17.1 Å². The lowest BCUT2D eigenvalue weighted by Crippen LogP contribution is -2.39. The summed E-state index contributed by atoms with van der Waals surface area (Å²) in [5.74, 6) is 2.15. The van der Waals surface area contributed by atoms with Gasteiger partial charge in [-0.15, -0.1) is 0 Å². The summed E-state index contributed by atoms with van der Waals surface area (Å²) in [4.78, 5) is 12.4. The molecule has 0 amide bonds. The highest BCUT2D eigenvalue weighted by Gasteiger charge is 2.65. The predicted molar refractivity (Wildman–Crippen MR) is 89.3 cm³/mol. The molecule has 0 aromatic rings. The molecule has 0 N–H and O–H groups in total. The van der Waals surface area contributed by atoms with Crippen LogP contribution in [0, 0.1) is 28.6 Å². The molecule has 108 valence electrons. The van der Waals surface area contributed by atoms with Crippen molar-refractivity contribution in [2.45, 2.75) is 59.8 Å². The average molecular weight is 374 g/mol. The minimum atomic E-state index is 0.226. The highest BCUT2D eigenvalue weighted by atomic mass is 127. The summed E-state index contributed by atoms with van der Waals surface area (Å²) in [5.41, 5.74) is 0.469. The normalized spacial score (nSPS) is 41.9. The van der Waals surface area contributed by atoms with Crippen molar-refractivity contribution in [3.63, 3.8) is 0 Å². The maximum absolute atomic E-state index is 12.4. The lowest BCUT2D eigenvalue weighted by molar-refractivity contribution is -0.122. The van der Waals surface area contributed by atoms with E-state index in [1.807, 2.05) is 0 Å². The van der Waals surface area contributed by atoms with Gasteiger partial charge in [-0.2, -0.15) is 0 Å². The largest absolute Gasteiger partial charge is 0.299 e. The monoisotopic (exact) mass is 374 g/mol. The summed E-state index contributed by atoms with van der Waals surface area (Å²) in [5, 5.41) is 0. The van der Waals surface area contributed by atoms with E-state index in [2.05, 4.69) is 56.9 Å². The summed E-state index contributed by atoms with van der Waals surface area (Å²) in [6.07, 6.45) is 5.58. The third-order valence-corrected chi connectivity index (χ3v) is 6.90. The van der Waals surface area contributed by atoms with Gasteiger partial charge in [0.2, 0.25) is 0 Å². The van der Waals surface area contributed by atoms with E-state index in [0.717, 1.165) is 19.3 Å². The molecule has 0 aliphatic heterocycles. The first-order valence-electron chi connectivity index (χ1n) is 7.60. The minimum Gasteiger partial charge on any atom is -0.299 e. The first-order valence-corrected chi connectivity index (χ1v) is 8.68. The van der Waals surface area contributed by atoms with Crippen LogP contribution in [-0.4, -0.2) is 5.78 Å². The lowest BCUT2D eigenvalue weighted by atomic mass is 9.59. The fourth-order valence-electron chi connectivity index (χ4n) is 5.28. The van der Waals surface area contributed by atoms with Crippen molar-refractivity contribution in [3.8, 4) is 0 Å². The number of halogens is 1. The molecule has 2 fully saturated rings. The Balaban J connectivity index is 2.36. The fourth-order valence-corrected chi connectivity index (χ4v) is 5.55. The Morgan fingerprint density at radius 2 is 2.16 bits per heavy atom. The van der Waals surface area contributed by atoms with Crippen molar-refractivity contribution < 1.29 is 4.79 Å². The van der Waals surface area contributed by atoms with E-state index in [1.165, 1.54) is 16.4 Å². The number of hydrogen-bond donors (Lipinski definition) is 0. The molecular weight excluding hydrogens is 347 g/mol. The van der Waals surface area contributed by atoms with E-state index >= 15 is 0 Å². The Hall–Kier alpha value is 0.140. The number of ketones is 1. The highest BCUT2D eigenvalue weighted by molar-refractivity contribution is 14.1. The Morgan fingerprint density at radius 3 is 2.68 bits per heavy atom. The molecule has 0 heterocycles. The van der Waals surface area contributed by atoms with E-state index in [9.17, 15) is 4.79 Å². The molecular formula is C17H27IO. The second kappa shape index (κ2) is 5.16. The van der Waals surface area contributed by atoms with Crippen molar-refractivity contribution in [1.29, 1.82) is 0 Å². The molecule has 2 aliphatic carbocycles. The van der Waals surface area contributed by atoms with Crippen LogP contribution < -0.4 is 0 Å². The van der Waals surface area contributed by atoms with Crippen LogP contribution in [0.15, 0.2) is 10.2 Å². The number of fused-ring (bicyclic) bond motifs is 1. The van der Waals surface area contributed by atoms with Crippen molar-refractivity contribution >= 4 is 28.4 Å². The van der Waals surface area contributed by atoms with Gasteiger partial charge in [0.15, 0.2) is 0 Å². The number of carbonyl (C=O) groups is 1. The Kier molecular flexibility index (Phi) is 4.22. The SMILES string of the molecule is C=C(I)CC[C@]12CC[C@H](C(C)C)[C@@]1(C)CC(=O)[C@@H]2C. The van der Waals surface area contributed by atoms with E-state index in [4.69, 9.17) is 0 Å². The summed E-state index contributed by atoms with van der Waals surface area (Å²) < 4.78 is 1.23. The average Bonchev–Trinajstić information content (AvgIpc) is 2.67. The summed E-state index contributed by atoms with van der Waals surface area (Å²) in [6.45, 7) is 13.3. The molecule has 0 saturated heterocycles. The van der Waals surface area contributed by atoms with Gasteiger partial charge in [0.25, 0.3) is 0 Å². The van der Waals surface area contributed by atoms with Crippen LogP contribution in [0.3, 0.4) is 0 Å². The maximum atomic E-state index is 12.4. The van der Waals surface area contributed by atoms with Crippen molar-refractivity contribution in [1.82, 2.24) is 0 Å². The van der Waals surface area contributed by atoms with Gasteiger partial charge in [-0.1, -0.05) is 34.3 Å². The molecule has 0 spiro atoms. The van der Waals surface area contributed by atoms with Gasteiger partial charge in [-0.3, -0.25) is 4.79 Å². The van der Waals surface area contributed by atoms with Crippen LogP contribution in [-0.2, 0) is 4.79 Å². The van der Waals surface area contributed by atoms with E-state index < -0.39 is 0 Å². The molecule has 19 heavy (non-hydrogen) atoms. The fraction of sp³-hybridized carbons (Fsp3) is 0.824. The van der Waals surface area contributed by atoms with Crippen molar-refractivity contribution in [3.05, 3.63) is 10.2 Å². The number of carbonyl (C=O) groups excluding carboxylic acids is 1. The quantitative estimate of drug-likeness (QED) is 0.604. The second-order valence-corrected chi connectivity index (χ2v) is 8.87. The Morgan fingerprint density at radius 1 is 1.53 bits per heavy atom. The van der Waals surface area contributed by atoms with Gasteiger partial charge < -0.3 is 0 Å². The van der Waals surface area contributed by atoms with Gasteiger partial charge in [-0.05, 0) is 74.5 Å². The van der Waals surface area contributed by atoms with Crippen LogP contribution in [0.1, 0.15) is 59.8 Å². The van der Waals surface area contributed by atoms with Gasteiger partial charge in [0.05, 0.1) is 0 Å². The van der Waals surface area contributed by atoms with Crippen LogP contribution >= 0.6 is 22.6 Å². The van der Waals surface area contributed by atoms with Gasteiger partial charge in [0.1, 0.15) is 5.78 Å².